The van der Waals surface area contributed by atoms with Gasteiger partial charge in [-0.05, 0) is 50.7 Å². The summed E-state index contributed by atoms with van der Waals surface area (Å²) in [5, 5.41) is 0. The monoisotopic (exact) mass is 420 g/mol. The van der Waals surface area contributed by atoms with Crippen LogP contribution in [0.4, 0.5) is 0 Å². The number of likely N-dealkylation sites (N-methyl/N-ethyl adjacent to an activating group) is 1. The number of carbonyl (C=O) groups excluding carboxylic acids is 2. The lowest BCUT2D eigenvalue weighted by Crippen LogP contribution is -2.43. The van der Waals surface area contributed by atoms with E-state index in [4.69, 9.17) is 4.74 Å². The van der Waals surface area contributed by atoms with Gasteiger partial charge in [0.1, 0.15) is 11.4 Å². The lowest BCUT2D eigenvalue weighted by molar-refractivity contribution is -0.138. The Morgan fingerprint density at radius 3 is 2.52 bits per heavy atom. The van der Waals surface area contributed by atoms with Gasteiger partial charge < -0.3 is 14.5 Å². The van der Waals surface area contributed by atoms with E-state index >= 15 is 0 Å². The topological polar surface area (TPSA) is 66.0 Å². The van der Waals surface area contributed by atoms with E-state index in [0.717, 1.165) is 31.5 Å². The fourth-order valence-corrected chi connectivity index (χ4v) is 4.37. The molecule has 0 radical (unpaired) electrons. The summed E-state index contributed by atoms with van der Waals surface area (Å²) in [5.41, 5.74) is 2.32. The van der Waals surface area contributed by atoms with Crippen molar-refractivity contribution in [3.8, 4) is 5.75 Å². The Balaban J connectivity index is 1.75. The zero-order valence-corrected chi connectivity index (χ0v) is 18.2. The van der Waals surface area contributed by atoms with Crippen molar-refractivity contribution in [3.63, 3.8) is 0 Å². The first kappa shape index (κ1) is 21.1. The van der Waals surface area contributed by atoms with Gasteiger partial charge in [0.25, 0.3) is 11.8 Å². The number of ether oxygens (including phenoxy) is 1. The van der Waals surface area contributed by atoms with Gasteiger partial charge >= 0.3 is 0 Å². The molecule has 3 heterocycles. The molecule has 2 aliphatic heterocycles. The minimum Gasteiger partial charge on any atom is -0.496 e. The third-order valence-electron chi connectivity index (χ3n) is 6.17. The standard InChI is InChI=1S/C24H28N4O3/c1-26-13-10-18(11-14-26)27(2)22-21(19-8-4-5-9-20(19)31-3)23(29)28(24(22)30)16-17-7-6-12-25-15-17/h4-9,12,15,18H,10-11,13-14,16H2,1-3H3. The van der Waals surface area contributed by atoms with Gasteiger partial charge in [-0.1, -0.05) is 24.3 Å². The minimum absolute atomic E-state index is 0.189. The average molecular weight is 421 g/mol. The van der Waals surface area contributed by atoms with Crippen molar-refractivity contribution >= 4 is 17.4 Å². The number of methoxy groups -OCH3 is 1. The molecule has 162 valence electrons. The lowest BCUT2D eigenvalue weighted by atomic mass is 9.99. The number of pyridine rings is 1. The number of para-hydroxylation sites is 1. The molecule has 7 nitrogen and oxygen atoms in total. The molecular weight excluding hydrogens is 392 g/mol. The fraction of sp³-hybridized carbons (Fsp3) is 0.375. The molecule has 1 saturated heterocycles. The highest BCUT2D eigenvalue weighted by Gasteiger charge is 2.43. The Morgan fingerprint density at radius 1 is 1.10 bits per heavy atom. The van der Waals surface area contributed by atoms with E-state index in [2.05, 4.69) is 16.9 Å². The van der Waals surface area contributed by atoms with Crippen LogP contribution in [0.15, 0.2) is 54.5 Å². The van der Waals surface area contributed by atoms with Crippen molar-refractivity contribution in [2.45, 2.75) is 25.4 Å². The summed E-state index contributed by atoms with van der Waals surface area (Å²) in [4.78, 5) is 36.9. The molecule has 0 aliphatic carbocycles. The molecule has 31 heavy (non-hydrogen) atoms. The van der Waals surface area contributed by atoms with Crippen LogP contribution in [0.3, 0.4) is 0 Å². The number of imide groups is 1. The van der Waals surface area contributed by atoms with Gasteiger partial charge in [-0.15, -0.1) is 0 Å². The second-order valence-electron chi connectivity index (χ2n) is 8.13. The zero-order chi connectivity index (χ0) is 22.0. The Labute approximate surface area is 182 Å². The zero-order valence-electron chi connectivity index (χ0n) is 18.2. The number of rotatable bonds is 6. The van der Waals surface area contributed by atoms with Crippen LogP contribution in [-0.4, -0.2) is 71.8 Å². The Hall–Kier alpha value is -3.19. The van der Waals surface area contributed by atoms with Gasteiger partial charge in [0.2, 0.25) is 0 Å². The van der Waals surface area contributed by atoms with E-state index in [0.29, 0.717) is 22.6 Å². The second-order valence-corrected chi connectivity index (χ2v) is 8.13. The highest BCUT2D eigenvalue weighted by atomic mass is 16.5. The van der Waals surface area contributed by atoms with Crippen molar-refractivity contribution in [1.82, 2.24) is 19.7 Å². The van der Waals surface area contributed by atoms with Crippen LogP contribution in [0, 0.1) is 0 Å². The first-order valence-corrected chi connectivity index (χ1v) is 10.6. The van der Waals surface area contributed by atoms with E-state index in [1.54, 1.807) is 25.6 Å². The van der Waals surface area contributed by atoms with Gasteiger partial charge in [-0.25, -0.2) is 0 Å². The molecule has 0 atom stereocenters. The van der Waals surface area contributed by atoms with Crippen molar-refractivity contribution in [2.24, 2.45) is 0 Å². The molecule has 2 amide bonds. The molecule has 1 aromatic carbocycles. The predicted molar refractivity (Wildman–Crippen MR) is 118 cm³/mol. The summed E-state index contributed by atoms with van der Waals surface area (Å²) < 4.78 is 5.53. The second kappa shape index (κ2) is 8.89. The Bertz CT molecular complexity index is 997. The van der Waals surface area contributed by atoms with E-state index in [9.17, 15) is 9.59 Å². The van der Waals surface area contributed by atoms with E-state index in [1.165, 1.54) is 4.90 Å². The summed E-state index contributed by atoms with van der Waals surface area (Å²) in [6, 6.07) is 11.3. The molecule has 2 aliphatic rings. The first-order valence-electron chi connectivity index (χ1n) is 10.6. The lowest BCUT2D eigenvalue weighted by Gasteiger charge is -2.36. The van der Waals surface area contributed by atoms with Gasteiger partial charge in [-0.3, -0.25) is 19.5 Å². The molecule has 2 aromatic rings. The number of amides is 2. The van der Waals surface area contributed by atoms with E-state index in [1.807, 2.05) is 42.3 Å². The summed E-state index contributed by atoms with van der Waals surface area (Å²) >= 11 is 0. The number of piperidine rings is 1. The van der Waals surface area contributed by atoms with Crippen LogP contribution >= 0.6 is 0 Å². The number of hydrogen-bond donors (Lipinski definition) is 0. The van der Waals surface area contributed by atoms with Crippen molar-refractivity contribution in [1.29, 1.82) is 0 Å². The molecule has 0 spiro atoms. The normalized spacial score (nSPS) is 18.1. The maximum atomic E-state index is 13.6. The third kappa shape index (κ3) is 4.05. The van der Waals surface area contributed by atoms with E-state index in [-0.39, 0.29) is 24.4 Å². The van der Waals surface area contributed by atoms with Crippen molar-refractivity contribution in [3.05, 3.63) is 65.6 Å². The molecule has 0 unspecified atom stereocenters. The summed E-state index contributed by atoms with van der Waals surface area (Å²) in [5.74, 6) is 0.0143. The molecule has 0 N–H and O–H groups in total. The number of carbonyl (C=O) groups is 2. The van der Waals surface area contributed by atoms with Gasteiger partial charge in [-0.2, -0.15) is 0 Å². The maximum absolute atomic E-state index is 13.6. The van der Waals surface area contributed by atoms with Crippen molar-refractivity contribution in [2.75, 3.05) is 34.3 Å². The molecule has 4 rings (SSSR count). The minimum atomic E-state index is -0.298. The van der Waals surface area contributed by atoms with Gasteiger partial charge in [0, 0.05) is 31.0 Å². The molecule has 0 saturated carbocycles. The predicted octanol–water partition coefficient (Wildman–Crippen LogP) is 2.40. The van der Waals surface area contributed by atoms with Gasteiger partial charge in [0.05, 0.1) is 19.2 Å². The van der Waals surface area contributed by atoms with Crippen LogP contribution in [-0.2, 0) is 16.1 Å². The summed E-state index contributed by atoms with van der Waals surface area (Å²) in [6.07, 6.45) is 5.25. The van der Waals surface area contributed by atoms with Crippen LogP contribution in [0.25, 0.3) is 5.57 Å². The number of likely N-dealkylation sites (tertiary alicyclic amines) is 1. The summed E-state index contributed by atoms with van der Waals surface area (Å²) in [7, 11) is 5.61. The largest absolute Gasteiger partial charge is 0.496 e. The Morgan fingerprint density at radius 2 is 1.84 bits per heavy atom. The molecule has 0 bridgehead atoms. The van der Waals surface area contributed by atoms with Crippen LogP contribution in [0.5, 0.6) is 5.75 Å². The maximum Gasteiger partial charge on any atom is 0.278 e. The molecular formula is C24H28N4O3. The number of aromatic nitrogens is 1. The SMILES string of the molecule is COc1ccccc1C1=C(N(C)C2CCN(C)CC2)C(=O)N(Cc2cccnc2)C1=O. The number of hydrogen-bond acceptors (Lipinski definition) is 6. The van der Waals surface area contributed by atoms with Crippen LogP contribution in [0.1, 0.15) is 24.0 Å². The quantitative estimate of drug-likeness (QED) is 0.669. The average Bonchev–Trinajstić information content (AvgIpc) is 3.04. The molecule has 7 heteroatoms. The number of nitrogens with zero attached hydrogens (tertiary/aromatic N) is 4. The first-order chi connectivity index (χ1) is 15.0. The van der Waals surface area contributed by atoms with Gasteiger partial charge in [0.15, 0.2) is 0 Å². The van der Waals surface area contributed by atoms with Crippen molar-refractivity contribution < 1.29 is 14.3 Å². The number of benzene rings is 1. The molecule has 1 fully saturated rings. The fourth-order valence-electron chi connectivity index (χ4n) is 4.37. The van der Waals surface area contributed by atoms with Crippen LogP contribution < -0.4 is 4.74 Å². The third-order valence-corrected chi connectivity index (χ3v) is 6.17. The highest BCUT2D eigenvalue weighted by Crippen LogP contribution is 2.37. The summed E-state index contributed by atoms with van der Waals surface area (Å²) in [6.45, 7) is 2.12. The Kier molecular flexibility index (Phi) is 6.04. The highest BCUT2D eigenvalue weighted by molar-refractivity contribution is 6.35. The smallest absolute Gasteiger partial charge is 0.278 e. The van der Waals surface area contributed by atoms with E-state index < -0.39 is 0 Å². The molecule has 1 aromatic heterocycles. The van der Waals surface area contributed by atoms with Crippen LogP contribution in [0.2, 0.25) is 0 Å².